The Kier molecular flexibility index (Phi) is 4.26. The van der Waals surface area contributed by atoms with Crippen molar-refractivity contribution < 1.29 is 14.3 Å². The van der Waals surface area contributed by atoms with Crippen LogP contribution in [0.25, 0.3) is 0 Å². The quantitative estimate of drug-likeness (QED) is 0.800. The van der Waals surface area contributed by atoms with Gasteiger partial charge in [-0.15, -0.1) is 0 Å². The Hall–Kier alpha value is -2.08. The lowest BCUT2D eigenvalue weighted by Gasteiger charge is -2.32. The summed E-state index contributed by atoms with van der Waals surface area (Å²) in [5, 5.41) is 0.658. The molecule has 5 nitrogen and oxygen atoms in total. The molecule has 0 aromatic heterocycles. The van der Waals surface area contributed by atoms with E-state index in [9.17, 15) is 9.59 Å². The number of carbonyl (C=O) groups excluding carboxylic acids is 2. The molecular formula is C17H18N2O3S. The van der Waals surface area contributed by atoms with Crippen LogP contribution in [0.15, 0.2) is 40.5 Å². The first-order chi connectivity index (χ1) is 11.0. The van der Waals surface area contributed by atoms with Gasteiger partial charge >= 0.3 is 5.97 Å². The molecule has 1 atom stereocenters. The molecule has 1 aromatic rings. The molecule has 0 unspecified atom stereocenters. The Morgan fingerprint density at radius 3 is 2.70 bits per heavy atom. The van der Waals surface area contributed by atoms with Gasteiger partial charge in [0.05, 0.1) is 29.7 Å². The third-order valence-corrected chi connectivity index (χ3v) is 4.81. The second-order valence-electron chi connectivity index (χ2n) is 5.48. The van der Waals surface area contributed by atoms with Crippen molar-refractivity contribution in [2.45, 2.75) is 26.8 Å². The first kappa shape index (κ1) is 15.8. The van der Waals surface area contributed by atoms with E-state index in [4.69, 9.17) is 4.74 Å². The largest absolute Gasteiger partial charge is 0.463 e. The lowest BCUT2D eigenvalue weighted by Crippen LogP contribution is -2.39. The van der Waals surface area contributed by atoms with Crippen LogP contribution in [-0.2, 0) is 14.3 Å². The number of allylic oxidation sites excluding steroid dienone is 1. The standard InChI is InChI=1S/C17H18N2O3S/c1-4-22-16(21)14-11(3)18-17-19(13(20)9-23-17)15(14)12-7-5-10(2)6-8-12/h5-8,15H,4,9H2,1-3H3/t15-/m1/s1. The molecule has 6 heteroatoms. The van der Waals surface area contributed by atoms with E-state index in [-0.39, 0.29) is 12.5 Å². The summed E-state index contributed by atoms with van der Waals surface area (Å²) in [7, 11) is 0. The summed E-state index contributed by atoms with van der Waals surface area (Å²) in [6.45, 7) is 5.85. The van der Waals surface area contributed by atoms with Crippen molar-refractivity contribution in [2.75, 3.05) is 12.4 Å². The Balaban J connectivity index is 2.13. The van der Waals surface area contributed by atoms with E-state index in [0.29, 0.717) is 22.2 Å². The van der Waals surface area contributed by atoms with E-state index in [1.165, 1.54) is 11.8 Å². The number of ether oxygens (including phenoxy) is 1. The van der Waals surface area contributed by atoms with Gasteiger partial charge in [-0.1, -0.05) is 41.6 Å². The molecule has 0 spiro atoms. The van der Waals surface area contributed by atoms with Crippen LogP contribution in [0.5, 0.6) is 0 Å². The SMILES string of the molecule is CCOC(=O)C1=C(C)N=C2SCC(=O)N2[C@@H]1c1ccc(C)cc1. The van der Waals surface area contributed by atoms with Crippen LogP contribution < -0.4 is 0 Å². The molecule has 0 aliphatic carbocycles. The number of rotatable bonds is 3. The number of amides is 1. The van der Waals surface area contributed by atoms with Crippen molar-refractivity contribution in [2.24, 2.45) is 4.99 Å². The highest BCUT2D eigenvalue weighted by atomic mass is 32.2. The Morgan fingerprint density at radius 1 is 1.35 bits per heavy atom. The monoisotopic (exact) mass is 330 g/mol. The van der Waals surface area contributed by atoms with Crippen molar-refractivity contribution in [1.29, 1.82) is 0 Å². The maximum atomic E-state index is 12.5. The number of hydrogen-bond donors (Lipinski definition) is 0. The Labute approximate surface area is 139 Å². The molecule has 120 valence electrons. The van der Waals surface area contributed by atoms with Crippen LogP contribution in [0.4, 0.5) is 0 Å². The van der Waals surface area contributed by atoms with E-state index in [2.05, 4.69) is 4.99 Å². The van der Waals surface area contributed by atoms with Gasteiger partial charge in [0.25, 0.3) is 0 Å². The number of aliphatic imine (C=N–C) groups is 1. The summed E-state index contributed by atoms with van der Waals surface area (Å²) < 4.78 is 5.20. The first-order valence-corrected chi connectivity index (χ1v) is 8.49. The van der Waals surface area contributed by atoms with E-state index in [0.717, 1.165) is 11.1 Å². The van der Waals surface area contributed by atoms with Crippen LogP contribution >= 0.6 is 11.8 Å². The predicted molar refractivity (Wildman–Crippen MR) is 90.0 cm³/mol. The molecule has 1 amide bonds. The smallest absolute Gasteiger partial charge is 0.338 e. The topological polar surface area (TPSA) is 59.0 Å². The number of carbonyl (C=O) groups is 2. The fourth-order valence-electron chi connectivity index (χ4n) is 2.78. The Bertz CT molecular complexity index is 722. The van der Waals surface area contributed by atoms with Crippen LogP contribution in [-0.4, -0.2) is 34.3 Å². The van der Waals surface area contributed by atoms with Gasteiger partial charge in [-0.25, -0.2) is 9.79 Å². The predicted octanol–water partition coefficient (Wildman–Crippen LogP) is 2.82. The zero-order valence-corrected chi connectivity index (χ0v) is 14.1. The lowest BCUT2D eigenvalue weighted by molar-refractivity contribution is -0.139. The molecule has 23 heavy (non-hydrogen) atoms. The lowest BCUT2D eigenvalue weighted by atomic mass is 9.94. The molecular weight excluding hydrogens is 312 g/mol. The van der Waals surface area contributed by atoms with Crippen molar-refractivity contribution in [3.8, 4) is 0 Å². The average Bonchev–Trinajstić information content (AvgIpc) is 2.88. The van der Waals surface area contributed by atoms with Crippen molar-refractivity contribution in [1.82, 2.24) is 4.90 Å². The third-order valence-electron chi connectivity index (χ3n) is 3.87. The number of nitrogens with zero attached hydrogens (tertiary/aromatic N) is 2. The second-order valence-corrected chi connectivity index (χ2v) is 6.42. The minimum absolute atomic E-state index is 0.0337. The summed E-state index contributed by atoms with van der Waals surface area (Å²) in [5.74, 6) is -0.0957. The van der Waals surface area contributed by atoms with E-state index in [1.807, 2.05) is 31.2 Å². The summed E-state index contributed by atoms with van der Waals surface area (Å²) >= 11 is 1.41. The molecule has 2 heterocycles. The number of thioether (sulfide) groups is 1. The number of fused-ring (bicyclic) bond motifs is 1. The zero-order chi connectivity index (χ0) is 16.6. The van der Waals surface area contributed by atoms with Gasteiger partial charge in [0, 0.05) is 0 Å². The second kappa shape index (κ2) is 6.20. The highest BCUT2D eigenvalue weighted by Gasteiger charge is 2.43. The first-order valence-electron chi connectivity index (χ1n) is 7.51. The van der Waals surface area contributed by atoms with Crippen molar-refractivity contribution in [3.05, 3.63) is 46.7 Å². The number of esters is 1. The normalized spacial score (nSPS) is 20.5. The van der Waals surface area contributed by atoms with Crippen molar-refractivity contribution in [3.63, 3.8) is 0 Å². The van der Waals surface area contributed by atoms with Crippen LogP contribution in [0.1, 0.15) is 31.0 Å². The van der Waals surface area contributed by atoms with Crippen molar-refractivity contribution >= 4 is 28.8 Å². The summed E-state index contributed by atoms with van der Waals surface area (Å²) in [6, 6.07) is 7.39. The van der Waals surface area contributed by atoms with E-state index in [1.54, 1.807) is 18.7 Å². The maximum absolute atomic E-state index is 12.5. The molecule has 0 saturated carbocycles. The molecule has 1 aromatic carbocycles. The molecule has 2 aliphatic heterocycles. The minimum atomic E-state index is -0.468. The molecule has 2 aliphatic rings. The minimum Gasteiger partial charge on any atom is -0.463 e. The molecule has 0 N–H and O–H groups in total. The molecule has 1 saturated heterocycles. The highest BCUT2D eigenvalue weighted by molar-refractivity contribution is 8.15. The molecule has 0 radical (unpaired) electrons. The van der Waals surface area contributed by atoms with Gasteiger partial charge < -0.3 is 4.74 Å². The van der Waals surface area contributed by atoms with E-state index >= 15 is 0 Å². The van der Waals surface area contributed by atoms with Gasteiger partial charge in [0.15, 0.2) is 5.17 Å². The molecule has 3 rings (SSSR count). The van der Waals surface area contributed by atoms with Crippen LogP contribution in [0, 0.1) is 6.92 Å². The number of benzene rings is 1. The van der Waals surface area contributed by atoms with Crippen LogP contribution in [0.2, 0.25) is 0 Å². The highest BCUT2D eigenvalue weighted by Crippen LogP contribution is 2.40. The third kappa shape index (κ3) is 2.79. The van der Waals surface area contributed by atoms with E-state index < -0.39 is 12.0 Å². The summed E-state index contributed by atoms with van der Waals surface area (Å²) in [4.78, 5) is 30.9. The average molecular weight is 330 g/mol. The number of hydrogen-bond acceptors (Lipinski definition) is 5. The number of aryl methyl sites for hydroxylation is 1. The zero-order valence-electron chi connectivity index (χ0n) is 13.3. The number of amidine groups is 1. The van der Waals surface area contributed by atoms with Gasteiger partial charge in [-0.3, -0.25) is 9.69 Å². The summed E-state index contributed by atoms with van der Waals surface area (Å²) in [5.41, 5.74) is 3.07. The van der Waals surface area contributed by atoms with Gasteiger partial charge in [-0.05, 0) is 26.3 Å². The Morgan fingerprint density at radius 2 is 2.04 bits per heavy atom. The molecule has 1 fully saturated rings. The fourth-order valence-corrected chi connectivity index (χ4v) is 3.72. The molecule has 0 bridgehead atoms. The fraction of sp³-hybridized carbons (Fsp3) is 0.353. The van der Waals surface area contributed by atoms with Gasteiger partial charge in [0.1, 0.15) is 0 Å². The van der Waals surface area contributed by atoms with Gasteiger partial charge in [0.2, 0.25) is 5.91 Å². The summed E-state index contributed by atoms with van der Waals surface area (Å²) in [6.07, 6.45) is 0. The maximum Gasteiger partial charge on any atom is 0.338 e. The van der Waals surface area contributed by atoms with Crippen LogP contribution in [0.3, 0.4) is 0 Å². The van der Waals surface area contributed by atoms with Gasteiger partial charge in [-0.2, -0.15) is 0 Å².